The Labute approximate surface area is 217 Å². The molecular weight excluding hydrogens is 480 g/mol. The van der Waals surface area contributed by atoms with Crippen LogP contribution in [0.3, 0.4) is 0 Å². The summed E-state index contributed by atoms with van der Waals surface area (Å²) in [6.45, 7) is 0. The zero-order valence-corrected chi connectivity index (χ0v) is 20.0. The number of nitrogens with zero attached hydrogens (tertiary/aromatic N) is 2. The number of hydrogen-bond acceptors (Lipinski definition) is 6. The van der Waals surface area contributed by atoms with E-state index in [4.69, 9.17) is 0 Å². The molecule has 0 bridgehead atoms. The van der Waals surface area contributed by atoms with Crippen molar-refractivity contribution in [1.29, 1.82) is 0 Å². The quantitative estimate of drug-likeness (QED) is 0.194. The molecule has 5 aromatic rings. The monoisotopic (exact) mass is 502 g/mol. The minimum Gasteiger partial charge on any atom is -0.507 e. The van der Waals surface area contributed by atoms with Crippen LogP contribution in [0.4, 0.5) is 0 Å². The molecule has 0 saturated heterocycles. The lowest BCUT2D eigenvalue weighted by Crippen LogP contribution is -2.19. The maximum atomic E-state index is 12.4. The summed E-state index contributed by atoms with van der Waals surface area (Å²) in [6, 6.07) is 27.9. The number of aromatic hydroxyl groups is 2. The maximum absolute atomic E-state index is 12.4. The van der Waals surface area contributed by atoms with Crippen LogP contribution in [0, 0.1) is 0 Å². The second kappa shape index (κ2) is 10.6. The number of phenolic OH excluding ortho intramolecular Hbond substituents is 2. The molecule has 8 nitrogen and oxygen atoms in total. The van der Waals surface area contributed by atoms with Crippen LogP contribution in [0.1, 0.15) is 31.8 Å². The van der Waals surface area contributed by atoms with Crippen molar-refractivity contribution in [2.24, 2.45) is 10.2 Å². The molecule has 0 heterocycles. The lowest BCUT2D eigenvalue weighted by atomic mass is 10.1. The Hall–Kier alpha value is -5.50. The highest BCUT2D eigenvalue weighted by Gasteiger charge is 2.09. The van der Waals surface area contributed by atoms with Crippen molar-refractivity contribution in [2.45, 2.75) is 0 Å². The molecule has 0 spiro atoms. The third kappa shape index (κ3) is 5.05. The fourth-order valence-corrected chi connectivity index (χ4v) is 3.98. The predicted octanol–water partition coefficient (Wildman–Crippen LogP) is 4.93. The van der Waals surface area contributed by atoms with Crippen LogP contribution in [-0.4, -0.2) is 34.5 Å². The van der Waals surface area contributed by atoms with Crippen LogP contribution in [0.5, 0.6) is 11.5 Å². The number of hydrogen-bond donors (Lipinski definition) is 4. The average Bonchev–Trinajstić information content (AvgIpc) is 2.95. The van der Waals surface area contributed by atoms with Crippen molar-refractivity contribution in [3.8, 4) is 11.5 Å². The molecular formula is C30H22N4O4. The van der Waals surface area contributed by atoms with E-state index in [0.717, 1.165) is 10.8 Å². The largest absolute Gasteiger partial charge is 0.507 e. The second-order valence-corrected chi connectivity index (χ2v) is 8.42. The van der Waals surface area contributed by atoms with Crippen molar-refractivity contribution in [3.05, 3.63) is 119 Å². The first-order valence-electron chi connectivity index (χ1n) is 11.7. The number of rotatable bonds is 6. The number of fused-ring (bicyclic) bond motifs is 2. The standard InChI is InChI=1S/C30H22N4O4/c35-27-23(15-9-19-5-1-3-7-25(19)27)17-31-33-29(37)21-11-13-22(14-12-21)30(38)34-32-18-24-16-10-20-6-2-4-8-26(20)28(24)36/h1-18,35-36H,(H,33,37)(H,34,38). The first-order chi connectivity index (χ1) is 18.5. The molecule has 0 fully saturated rings. The van der Waals surface area contributed by atoms with Crippen molar-refractivity contribution >= 4 is 45.8 Å². The minimum absolute atomic E-state index is 0.0787. The summed E-state index contributed by atoms with van der Waals surface area (Å²) in [7, 11) is 0. The van der Waals surface area contributed by atoms with Gasteiger partial charge in [0.05, 0.1) is 12.4 Å². The van der Waals surface area contributed by atoms with Gasteiger partial charge in [-0.25, -0.2) is 10.9 Å². The molecule has 2 amide bonds. The molecule has 0 aromatic heterocycles. The molecule has 5 aromatic carbocycles. The number of amides is 2. The molecule has 0 radical (unpaired) electrons. The number of carbonyl (C=O) groups is 2. The van der Waals surface area contributed by atoms with Crippen molar-refractivity contribution < 1.29 is 19.8 Å². The lowest BCUT2D eigenvalue weighted by molar-refractivity contribution is 0.0943. The van der Waals surface area contributed by atoms with Gasteiger partial charge in [-0.15, -0.1) is 0 Å². The first-order valence-corrected chi connectivity index (χ1v) is 11.7. The highest BCUT2D eigenvalue weighted by Crippen LogP contribution is 2.28. The van der Waals surface area contributed by atoms with Gasteiger partial charge in [0.15, 0.2) is 0 Å². The van der Waals surface area contributed by atoms with Gasteiger partial charge in [0.25, 0.3) is 11.8 Å². The fourth-order valence-electron chi connectivity index (χ4n) is 3.98. The molecule has 0 aliphatic heterocycles. The molecule has 0 saturated carbocycles. The molecule has 0 aliphatic rings. The van der Waals surface area contributed by atoms with Gasteiger partial charge in [-0.2, -0.15) is 10.2 Å². The predicted molar refractivity (Wildman–Crippen MR) is 148 cm³/mol. The van der Waals surface area contributed by atoms with Gasteiger partial charge in [-0.1, -0.05) is 60.7 Å². The van der Waals surface area contributed by atoms with Crippen LogP contribution in [-0.2, 0) is 0 Å². The van der Waals surface area contributed by atoms with E-state index in [9.17, 15) is 19.8 Å². The van der Waals surface area contributed by atoms with Gasteiger partial charge < -0.3 is 10.2 Å². The molecule has 0 atom stereocenters. The Morgan fingerprint density at radius 3 is 1.37 bits per heavy atom. The summed E-state index contributed by atoms with van der Waals surface area (Å²) in [6.07, 6.45) is 2.74. The summed E-state index contributed by atoms with van der Waals surface area (Å²) in [5.74, 6) is -0.790. The molecule has 8 heteroatoms. The third-order valence-electron chi connectivity index (χ3n) is 6.01. The lowest BCUT2D eigenvalue weighted by Gasteiger charge is -2.05. The number of phenols is 2. The van der Waals surface area contributed by atoms with Gasteiger partial charge in [0.2, 0.25) is 0 Å². The minimum atomic E-state index is -0.474. The van der Waals surface area contributed by atoms with Crippen LogP contribution < -0.4 is 10.9 Å². The molecule has 186 valence electrons. The number of carbonyl (C=O) groups excluding carboxylic acids is 2. The smallest absolute Gasteiger partial charge is 0.271 e. The molecule has 5 rings (SSSR count). The van der Waals surface area contributed by atoms with E-state index in [1.54, 1.807) is 24.3 Å². The van der Waals surface area contributed by atoms with E-state index in [1.165, 1.54) is 36.7 Å². The van der Waals surface area contributed by atoms with E-state index < -0.39 is 11.8 Å². The summed E-state index contributed by atoms with van der Waals surface area (Å²) < 4.78 is 0. The number of hydrazone groups is 2. The first kappa shape index (κ1) is 24.2. The molecule has 38 heavy (non-hydrogen) atoms. The molecule has 4 N–H and O–H groups in total. The Morgan fingerprint density at radius 2 is 0.947 bits per heavy atom. The van der Waals surface area contributed by atoms with E-state index in [-0.39, 0.29) is 11.5 Å². The number of nitrogens with one attached hydrogen (secondary N) is 2. The second-order valence-electron chi connectivity index (χ2n) is 8.42. The Bertz CT molecular complexity index is 1600. The molecule has 0 aliphatic carbocycles. The summed E-state index contributed by atoms with van der Waals surface area (Å²) in [5, 5.41) is 31.9. The van der Waals surface area contributed by atoms with Crippen LogP contribution >= 0.6 is 0 Å². The van der Waals surface area contributed by atoms with Gasteiger partial charge >= 0.3 is 0 Å². The maximum Gasteiger partial charge on any atom is 0.271 e. The highest BCUT2D eigenvalue weighted by molar-refractivity contribution is 6.01. The zero-order valence-electron chi connectivity index (χ0n) is 20.0. The van der Waals surface area contributed by atoms with Gasteiger partial charge in [-0.05, 0) is 47.2 Å². The number of benzene rings is 5. The average molecular weight is 503 g/mol. The Kier molecular flexibility index (Phi) is 6.77. The normalized spacial score (nSPS) is 11.4. The topological polar surface area (TPSA) is 123 Å². The third-order valence-corrected chi connectivity index (χ3v) is 6.01. The van der Waals surface area contributed by atoms with E-state index in [2.05, 4.69) is 21.1 Å². The van der Waals surface area contributed by atoms with Crippen molar-refractivity contribution in [1.82, 2.24) is 10.9 Å². The Balaban J connectivity index is 1.19. The SMILES string of the molecule is O=C(NN=Cc1ccc2ccccc2c1O)c1ccc(C(=O)NN=Cc2ccc3ccccc3c2O)cc1. The summed E-state index contributed by atoms with van der Waals surface area (Å²) in [5.41, 5.74) is 6.35. The van der Waals surface area contributed by atoms with Gasteiger partial charge in [-0.3, -0.25) is 9.59 Å². The van der Waals surface area contributed by atoms with Crippen LogP contribution in [0.15, 0.2) is 107 Å². The van der Waals surface area contributed by atoms with Crippen LogP contribution in [0.25, 0.3) is 21.5 Å². The zero-order chi connectivity index (χ0) is 26.5. The molecule has 0 unspecified atom stereocenters. The van der Waals surface area contributed by atoms with E-state index in [0.29, 0.717) is 33.0 Å². The van der Waals surface area contributed by atoms with Crippen molar-refractivity contribution in [2.75, 3.05) is 0 Å². The van der Waals surface area contributed by atoms with Crippen molar-refractivity contribution in [3.63, 3.8) is 0 Å². The highest BCUT2D eigenvalue weighted by atomic mass is 16.3. The van der Waals surface area contributed by atoms with Gasteiger partial charge in [0.1, 0.15) is 11.5 Å². The van der Waals surface area contributed by atoms with Crippen LogP contribution in [0.2, 0.25) is 0 Å². The summed E-state index contributed by atoms with van der Waals surface area (Å²) >= 11 is 0. The fraction of sp³-hybridized carbons (Fsp3) is 0. The van der Waals surface area contributed by atoms with E-state index >= 15 is 0 Å². The van der Waals surface area contributed by atoms with E-state index in [1.807, 2.05) is 48.5 Å². The van der Waals surface area contributed by atoms with Gasteiger partial charge in [0, 0.05) is 33.0 Å². The Morgan fingerprint density at radius 1 is 0.553 bits per heavy atom. The summed E-state index contributed by atoms with van der Waals surface area (Å²) in [4.78, 5) is 24.9.